The number of furan rings is 1. The molecule has 3 heterocycles. The van der Waals surface area contributed by atoms with Gasteiger partial charge in [0, 0.05) is 12.0 Å². The van der Waals surface area contributed by atoms with Gasteiger partial charge in [0.1, 0.15) is 22.3 Å². The minimum Gasteiger partial charge on any atom is -0.496 e. The molecule has 2 aromatic rings. The molecule has 11 heteroatoms. The number of amides is 1. The summed E-state index contributed by atoms with van der Waals surface area (Å²) in [6.45, 7) is 3.95. The van der Waals surface area contributed by atoms with Gasteiger partial charge in [-0.1, -0.05) is 13.8 Å². The summed E-state index contributed by atoms with van der Waals surface area (Å²) in [5, 5.41) is 26.2. The van der Waals surface area contributed by atoms with Gasteiger partial charge in [0.2, 0.25) is 5.17 Å². The molecule has 0 bridgehead atoms. The zero-order chi connectivity index (χ0) is 22.3. The Kier molecular flexibility index (Phi) is 5.19. The van der Waals surface area contributed by atoms with Crippen LogP contribution in [0.25, 0.3) is 17.4 Å². The van der Waals surface area contributed by atoms with Gasteiger partial charge in [-0.2, -0.15) is 15.1 Å². The van der Waals surface area contributed by atoms with Crippen molar-refractivity contribution in [2.75, 3.05) is 7.11 Å². The average molecular weight is 439 g/mol. The Hall–Kier alpha value is -3.73. The first-order valence-electron chi connectivity index (χ1n) is 9.21. The van der Waals surface area contributed by atoms with Crippen molar-refractivity contribution in [3.8, 4) is 17.1 Å². The van der Waals surface area contributed by atoms with Crippen LogP contribution in [-0.4, -0.2) is 39.0 Å². The van der Waals surface area contributed by atoms with Crippen molar-refractivity contribution in [1.29, 1.82) is 5.41 Å². The molecular formula is C20H17N5O5S. The monoisotopic (exact) mass is 439 g/mol. The van der Waals surface area contributed by atoms with E-state index in [4.69, 9.17) is 14.6 Å². The van der Waals surface area contributed by atoms with E-state index in [1.807, 2.05) is 13.8 Å². The number of ether oxygens (including phenoxy) is 1. The van der Waals surface area contributed by atoms with Gasteiger partial charge in [-0.15, -0.1) is 0 Å². The second-order valence-corrected chi connectivity index (χ2v) is 7.94. The minimum absolute atomic E-state index is 0.0506. The van der Waals surface area contributed by atoms with Crippen LogP contribution in [0.4, 0.5) is 5.69 Å². The number of thioether (sulfide) groups is 1. The lowest BCUT2D eigenvalue weighted by Crippen LogP contribution is -2.35. The molecule has 0 saturated heterocycles. The number of hydrogen-bond donors (Lipinski definition) is 1. The summed E-state index contributed by atoms with van der Waals surface area (Å²) >= 11 is 1.28. The van der Waals surface area contributed by atoms with Crippen LogP contribution in [-0.2, 0) is 4.79 Å². The van der Waals surface area contributed by atoms with Crippen LogP contribution in [0.15, 0.2) is 50.4 Å². The molecule has 0 saturated carbocycles. The fourth-order valence-corrected chi connectivity index (χ4v) is 3.85. The fourth-order valence-electron chi connectivity index (χ4n) is 2.95. The van der Waals surface area contributed by atoms with E-state index in [9.17, 15) is 14.9 Å². The summed E-state index contributed by atoms with van der Waals surface area (Å²) in [5.74, 6) is 0.524. The van der Waals surface area contributed by atoms with Crippen molar-refractivity contribution in [3.63, 3.8) is 0 Å². The van der Waals surface area contributed by atoms with Gasteiger partial charge in [-0.3, -0.25) is 20.3 Å². The molecule has 31 heavy (non-hydrogen) atoms. The van der Waals surface area contributed by atoms with E-state index in [1.54, 1.807) is 12.1 Å². The van der Waals surface area contributed by atoms with Crippen LogP contribution in [0.5, 0.6) is 5.75 Å². The summed E-state index contributed by atoms with van der Waals surface area (Å²) in [6, 6.07) is 7.47. The highest BCUT2D eigenvalue weighted by Gasteiger charge is 2.36. The SMILES string of the molecule is COc1cc([N+](=O)[O-])ccc1-c1ccc(C=C2C(=N)N3N=C(C(C)C)SC3=NC2=O)o1. The number of nitrogens with zero attached hydrogens (tertiary/aromatic N) is 4. The number of amidine groups is 2. The lowest BCUT2D eigenvalue weighted by Gasteiger charge is -2.19. The zero-order valence-electron chi connectivity index (χ0n) is 16.8. The number of nitro benzene ring substituents is 1. The lowest BCUT2D eigenvalue weighted by atomic mass is 10.1. The largest absolute Gasteiger partial charge is 0.496 e. The standard InChI is InChI=1S/C20H17N5O5S/c1-10(2)19-23-24-17(21)14(18(26)22-20(24)31-19)9-12-5-7-15(30-12)13-6-4-11(25(27)28)8-16(13)29-3/h4-10,21H,1-3H3. The van der Waals surface area contributed by atoms with Crippen molar-refractivity contribution in [2.24, 2.45) is 16.0 Å². The highest BCUT2D eigenvalue weighted by atomic mass is 32.2. The van der Waals surface area contributed by atoms with Crippen LogP contribution >= 0.6 is 11.8 Å². The molecule has 0 fully saturated rings. The number of carbonyl (C=O) groups excluding carboxylic acids is 1. The fraction of sp³-hybridized carbons (Fsp3) is 0.200. The minimum atomic E-state index is -0.546. The van der Waals surface area contributed by atoms with Crippen LogP contribution in [0.2, 0.25) is 0 Å². The van der Waals surface area contributed by atoms with E-state index in [0.29, 0.717) is 22.3 Å². The van der Waals surface area contributed by atoms with Gasteiger partial charge in [-0.05, 0) is 36.0 Å². The van der Waals surface area contributed by atoms with Crippen LogP contribution in [0.3, 0.4) is 0 Å². The second-order valence-electron chi connectivity index (χ2n) is 6.96. The maximum atomic E-state index is 12.5. The van der Waals surface area contributed by atoms with Gasteiger partial charge in [0.25, 0.3) is 11.6 Å². The summed E-state index contributed by atoms with van der Waals surface area (Å²) in [6.07, 6.45) is 1.43. The highest BCUT2D eigenvalue weighted by Crippen LogP contribution is 2.35. The number of hydrogen-bond acceptors (Lipinski definition) is 8. The molecule has 158 valence electrons. The number of nitrogens with one attached hydrogen (secondary N) is 1. The van der Waals surface area contributed by atoms with Crippen molar-refractivity contribution in [3.05, 3.63) is 51.8 Å². The van der Waals surface area contributed by atoms with Gasteiger partial charge >= 0.3 is 0 Å². The van der Waals surface area contributed by atoms with Gasteiger partial charge < -0.3 is 9.15 Å². The molecule has 1 aromatic carbocycles. The maximum absolute atomic E-state index is 12.5. The molecule has 1 amide bonds. The number of carbonyl (C=O) groups is 1. The molecule has 2 aliphatic rings. The Morgan fingerprint density at radius 3 is 2.77 bits per heavy atom. The normalized spacial score (nSPS) is 17.2. The van der Waals surface area contributed by atoms with Crippen molar-refractivity contribution in [1.82, 2.24) is 5.01 Å². The molecule has 0 aliphatic carbocycles. The Balaban J connectivity index is 1.66. The van der Waals surface area contributed by atoms with Crippen molar-refractivity contribution >= 4 is 45.5 Å². The number of rotatable bonds is 5. The summed E-state index contributed by atoms with van der Waals surface area (Å²) in [7, 11) is 1.41. The number of non-ortho nitro benzene ring substituents is 1. The predicted octanol–water partition coefficient (Wildman–Crippen LogP) is 4.14. The third-order valence-electron chi connectivity index (χ3n) is 4.54. The number of hydrazone groups is 1. The molecule has 2 aliphatic heterocycles. The molecule has 4 rings (SSSR count). The van der Waals surface area contributed by atoms with Crippen LogP contribution in [0, 0.1) is 21.4 Å². The van der Waals surface area contributed by atoms with Crippen molar-refractivity contribution in [2.45, 2.75) is 13.8 Å². The van der Waals surface area contributed by atoms with E-state index in [-0.39, 0.29) is 28.8 Å². The number of fused-ring (bicyclic) bond motifs is 1. The van der Waals surface area contributed by atoms with Gasteiger partial charge in [-0.25, -0.2) is 0 Å². The first-order valence-corrected chi connectivity index (χ1v) is 10.0. The third kappa shape index (κ3) is 3.75. The second kappa shape index (κ2) is 7.84. The van der Waals surface area contributed by atoms with E-state index in [2.05, 4.69) is 10.1 Å². The maximum Gasteiger partial charge on any atom is 0.283 e. The quantitative estimate of drug-likeness (QED) is 0.420. The summed E-state index contributed by atoms with van der Waals surface area (Å²) in [4.78, 5) is 27.0. The predicted molar refractivity (Wildman–Crippen MR) is 117 cm³/mol. The molecular weight excluding hydrogens is 422 g/mol. The van der Waals surface area contributed by atoms with Crippen molar-refractivity contribution < 1.29 is 18.9 Å². The summed E-state index contributed by atoms with van der Waals surface area (Å²) < 4.78 is 11.1. The van der Waals surface area contributed by atoms with E-state index in [0.717, 1.165) is 5.04 Å². The van der Waals surface area contributed by atoms with E-state index in [1.165, 1.54) is 48.2 Å². The summed E-state index contributed by atoms with van der Waals surface area (Å²) in [5.41, 5.74) is 0.467. The highest BCUT2D eigenvalue weighted by molar-refractivity contribution is 8.27. The molecule has 0 atom stereocenters. The number of methoxy groups -OCH3 is 1. The van der Waals surface area contributed by atoms with Crippen LogP contribution in [0.1, 0.15) is 19.6 Å². The molecule has 1 N–H and O–H groups in total. The Morgan fingerprint density at radius 1 is 1.32 bits per heavy atom. The number of benzene rings is 1. The van der Waals surface area contributed by atoms with E-state index >= 15 is 0 Å². The number of aliphatic imine (C=N–C) groups is 1. The Morgan fingerprint density at radius 2 is 2.10 bits per heavy atom. The Labute approximate surface area is 180 Å². The molecule has 0 unspecified atom stereocenters. The van der Waals surface area contributed by atoms with E-state index < -0.39 is 10.8 Å². The van der Waals surface area contributed by atoms with Gasteiger partial charge in [0.15, 0.2) is 5.84 Å². The number of nitro groups is 1. The average Bonchev–Trinajstić information content (AvgIpc) is 3.38. The topological polar surface area (TPSA) is 134 Å². The zero-order valence-corrected chi connectivity index (χ0v) is 17.6. The Bertz CT molecular complexity index is 1210. The van der Waals surface area contributed by atoms with Gasteiger partial charge in [0.05, 0.1) is 29.2 Å². The first kappa shape index (κ1) is 20.5. The van der Waals surface area contributed by atoms with Crippen LogP contribution < -0.4 is 4.74 Å². The molecule has 1 aromatic heterocycles. The molecule has 10 nitrogen and oxygen atoms in total. The first-order chi connectivity index (χ1) is 14.8. The third-order valence-corrected chi connectivity index (χ3v) is 5.75. The smallest absolute Gasteiger partial charge is 0.283 e. The molecule has 0 radical (unpaired) electrons. The molecule has 0 spiro atoms. The lowest BCUT2D eigenvalue weighted by molar-refractivity contribution is -0.384.